The molecule has 2 aromatic heterocycles. The highest BCUT2D eigenvalue weighted by Gasteiger charge is 2.09. The standard InChI is InChI=1S/C18H21N5O/c1-12(2)6-9-18(24)21-14-5-3-4-13(10-14)15-11-20-17-8-7-16(19)22-23(15)17/h3-5,7-8,10-12H,6,9H2,1-2H3,(H2,19,22)(H,21,24). The lowest BCUT2D eigenvalue weighted by atomic mass is 10.1. The number of carbonyl (C=O) groups is 1. The van der Waals surface area contributed by atoms with E-state index < -0.39 is 0 Å². The van der Waals surface area contributed by atoms with E-state index in [9.17, 15) is 4.79 Å². The van der Waals surface area contributed by atoms with Crippen LogP contribution in [0.2, 0.25) is 0 Å². The number of amides is 1. The van der Waals surface area contributed by atoms with Gasteiger partial charge in [0.05, 0.1) is 11.9 Å². The molecule has 0 aliphatic carbocycles. The van der Waals surface area contributed by atoms with E-state index in [-0.39, 0.29) is 5.91 Å². The van der Waals surface area contributed by atoms with Gasteiger partial charge in [-0.3, -0.25) is 4.79 Å². The summed E-state index contributed by atoms with van der Waals surface area (Å²) in [6.07, 6.45) is 3.15. The van der Waals surface area contributed by atoms with Gasteiger partial charge in [0.1, 0.15) is 5.82 Å². The summed E-state index contributed by atoms with van der Waals surface area (Å²) >= 11 is 0. The Kier molecular flexibility index (Phi) is 4.46. The molecule has 0 saturated heterocycles. The van der Waals surface area contributed by atoms with Crippen molar-refractivity contribution in [1.82, 2.24) is 14.6 Å². The molecule has 3 aromatic rings. The Hall–Kier alpha value is -2.89. The van der Waals surface area contributed by atoms with Crippen LogP contribution in [0.4, 0.5) is 11.5 Å². The zero-order chi connectivity index (χ0) is 17.1. The van der Waals surface area contributed by atoms with Crippen molar-refractivity contribution >= 4 is 23.1 Å². The van der Waals surface area contributed by atoms with E-state index in [0.29, 0.717) is 18.2 Å². The molecule has 0 radical (unpaired) electrons. The van der Waals surface area contributed by atoms with Crippen LogP contribution in [0.1, 0.15) is 26.7 Å². The molecule has 0 bridgehead atoms. The summed E-state index contributed by atoms with van der Waals surface area (Å²) in [6.45, 7) is 4.22. The minimum Gasteiger partial charge on any atom is -0.382 e. The maximum absolute atomic E-state index is 12.0. The molecule has 3 N–H and O–H groups in total. The van der Waals surface area contributed by atoms with Gasteiger partial charge >= 0.3 is 0 Å². The first-order valence-corrected chi connectivity index (χ1v) is 8.03. The van der Waals surface area contributed by atoms with Gasteiger partial charge < -0.3 is 11.1 Å². The van der Waals surface area contributed by atoms with Crippen molar-refractivity contribution in [3.05, 3.63) is 42.6 Å². The number of aromatic nitrogens is 3. The predicted molar refractivity (Wildman–Crippen MR) is 95.5 cm³/mol. The molecule has 24 heavy (non-hydrogen) atoms. The zero-order valence-electron chi connectivity index (χ0n) is 13.9. The first-order chi connectivity index (χ1) is 11.5. The average molecular weight is 323 g/mol. The molecule has 6 nitrogen and oxygen atoms in total. The van der Waals surface area contributed by atoms with E-state index in [0.717, 1.165) is 29.0 Å². The quantitative estimate of drug-likeness (QED) is 0.754. The molecule has 0 spiro atoms. The monoisotopic (exact) mass is 323 g/mol. The lowest BCUT2D eigenvalue weighted by Gasteiger charge is -2.08. The molecule has 0 saturated carbocycles. The summed E-state index contributed by atoms with van der Waals surface area (Å²) in [5.41, 5.74) is 9.01. The van der Waals surface area contributed by atoms with Crippen LogP contribution in [0, 0.1) is 5.92 Å². The van der Waals surface area contributed by atoms with Crippen LogP contribution in [0.3, 0.4) is 0 Å². The molecule has 1 aromatic carbocycles. The van der Waals surface area contributed by atoms with Crippen LogP contribution in [0.5, 0.6) is 0 Å². The summed E-state index contributed by atoms with van der Waals surface area (Å²) in [6, 6.07) is 11.2. The minimum absolute atomic E-state index is 0.0290. The van der Waals surface area contributed by atoms with Crippen LogP contribution in [-0.4, -0.2) is 20.5 Å². The van der Waals surface area contributed by atoms with E-state index >= 15 is 0 Å². The largest absolute Gasteiger partial charge is 0.382 e. The van der Waals surface area contributed by atoms with Crippen molar-refractivity contribution in [2.45, 2.75) is 26.7 Å². The molecule has 124 valence electrons. The van der Waals surface area contributed by atoms with Crippen LogP contribution in [-0.2, 0) is 4.79 Å². The number of fused-ring (bicyclic) bond motifs is 1. The molecule has 0 fully saturated rings. The third kappa shape index (κ3) is 3.53. The van der Waals surface area contributed by atoms with Gasteiger partial charge in [-0.25, -0.2) is 9.50 Å². The highest BCUT2D eigenvalue weighted by Crippen LogP contribution is 2.23. The predicted octanol–water partition coefficient (Wildman–Crippen LogP) is 3.35. The van der Waals surface area contributed by atoms with Gasteiger partial charge in [-0.05, 0) is 36.6 Å². The highest BCUT2D eigenvalue weighted by atomic mass is 16.1. The minimum atomic E-state index is 0.0290. The van der Waals surface area contributed by atoms with E-state index in [4.69, 9.17) is 5.73 Å². The Morgan fingerprint density at radius 1 is 1.29 bits per heavy atom. The van der Waals surface area contributed by atoms with Gasteiger partial charge in [0, 0.05) is 17.7 Å². The summed E-state index contributed by atoms with van der Waals surface area (Å²) in [5.74, 6) is 0.970. The number of nitrogens with zero attached hydrogens (tertiary/aromatic N) is 3. The van der Waals surface area contributed by atoms with Gasteiger partial charge in [-0.2, -0.15) is 0 Å². The Morgan fingerprint density at radius 2 is 2.12 bits per heavy atom. The Labute approximate surface area is 140 Å². The molecule has 0 unspecified atom stereocenters. The molecule has 0 atom stereocenters. The maximum atomic E-state index is 12.0. The average Bonchev–Trinajstić information content (AvgIpc) is 2.96. The third-order valence-corrected chi connectivity index (χ3v) is 3.77. The molecule has 1 amide bonds. The van der Waals surface area contributed by atoms with Crippen LogP contribution >= 0.6 is 0 Å². The summed E-state index contributed by atoms with van der Waals surface area (Å²) in [5, 5.41) is 7.24. The van der Waals surface area contributed by atoms with Crippen LogP contribution in [0.15, 0.2) is 42.6 Å². The fourth-order valence-corrected chi connectivity index (χ4v) is 2.48. The van der Waals surface area contributed by atoms with Gasteiger partial charge in [0.2, 0.25) is 5.91 Å². The number of hydrogen-bond acceptors (Lipinski definition) is 4. The number of rotatable bonds is 5. The number of nitrogens with one attached hydrogen (secondary N) is 1. The second kappa shape index (κ2) is 6.70. The van der Waals surface area contributed by atoms with Crippen molar-refractivity contribution in [2.24, 2.45) is 5.92 Å². The lowest BCUT2D eigenvalue weighted by molar-refractivity contribution is -0.116. The molecule has 0 aliphatic heterocycles. The smallest absolute Gasteiger partial charge is 0.224 e. The fraction of sp³-hybridized carbons (Fsp3) is 0.278. The number of nitrogen functional groups attached to an aromatic ring is 1. The second-order valence-corrected chi connectivity index (χ2v) is 6.23. The molecular weight excluding hydrogens is 302 g/mol. The fourth-order valence-electron chi connectivity index (χ4n) is 2.48. The molecular formula is C18H21N5O. The summed E-state index contributed by atoms with van der Waals surface area (Å²) in [4.78, 5) is 16.3. The van der Waals surface area contributed by atoms with Crippen LogP contribution < -0.4 is 11.1 Å². The number of hydrogen-bond donors (Lipinski definition) is 2. The zero-order valence-corrected chi connectivity index (χ0v) is 13.9. The Bertz CT molecular complexity index is 869. The molecule has 0 aliphatic rings. The summed E-state index contributed by atoms with van der Waals surface area (Å²) in [7, 11) is 0. The van der Waals surface area contributed by atoms with E-state index in [2.05, 4.69) is 29.2 Å². The van der Waals surface area contributed by atoms with Crippen molar-refractivity contribution in [3.63, 3.8) is 0 Å². The molecule has 2 heterocycles. The van der Waals surface area contributed by atoms with E-state index in [1.807, 2.05) is 30.3 Å². The Balaban J connectivity index is 1.84. The normalized spacial score (nSPS) is 11.1. The number of anilines is 2. The number of imidazole rings is 1. The topological polar surface area (TPSA) is 85.3 Å². The van der Waals surface area contributed by atoms with Gasteiger partial charge in [0.25, 0.3) is 0 Å². The van der Waals surface area contributed by atoms with Crippen molar-refractivity contribution in [2.75, 3.05) is 11.1 Å². The first kappa shape index (κ1) is 16.0. The molecule has 3 rings (SSSR count). The lowest BCUT2D eigenvalue weighted by Crippen LogP contribution is -2.12. The van der Waals surface area contributed by atoms with Crippen molar-refractivity contribution < 1.29 is 4.79 Å². The first-order valence-electron chi connectivity index (χ1n) is 8.03. The van der Waals surface area contributed by atoms with Crippen LogP contribution in [0.25, 0.3) is 16.9 Å². The van der Waals surface area contributed by atoms with Crippen molar-refractivity contribution in [3.8, 4) is 11.3 Å². The number of benzene rings is 1. The Morgan fingerprint density at radius 3 is 2.92 bits per heavy atom. The number of carbonyl (C=O) groups excluding carboxylic acids is 1. The number of nitrogens with two attached hydrogens (primary N) is 1. The second-order valence-electron chi connectivity index (χ2n) is 6.23. The summed E-state index contributed by atoms with van der Waals surface area (Å²) < 4.78 is 1.70. The maximum Gasteiger partial charge on any atom is 0.224 e. The van der Waals surface area contributed by atoms with E-state index in [1.54, 1.807) is 16.8 Å². The third-order valence-electron chi connectivity index (χ3n) is 3.77. The van der Waals surface area contributed by atoms with Crippen molar-refractivity contribution in [1.29, 1.82) is 0 Å². The van der Waals surface area contributed by atoms with E-state index in [1.165, 1.54) is 0 Å². The van der Waals surface area contributed by atoms with Gasteiger partial charge in [-0.1, -0.05) is 26.0 Å². The molecule has 6 heteroatoms. The SMILES string of the molecule is CC(C)CCC(=O)Nc1cccc(-c2cnc3ccc(N)nn23)c1. The van der Waals surface area contributed by atoms with Gasteiger partial charge in [-0.15, -0.1) is 5.10 Å². The highest BCUT2D eigenvalue weighted by molar-refractivity contribution is 5.91. The van der Waals surface area contributed by atoms with Gasteiger partial charge in [0.15, 0.2) is 5.65 Å².